The van der Waals surface area contributed by atoms with Gasteiger partial charge in [0, 0.05) is 4.91 Å². The molecule has 0 heterocycles. The van der Waals surface area contributed by atoms with Gasteiger partial charge in [0.1, 0.15) is 11.6 Å². The summed E-state index contributed by atoms with van der Waals surface area (Å²) < 4.78 is 4.62. The lowest BCUT2D eigenvalue weighted by atomic mass is 9.97. The number of nitrogens with one attached hydrogen (secondary N) is 1. The molecule has 0 bridgehead atoms. The fraction of sp³-hybridized carbons (Fsp3) is 0.818. The van der Waals surface area contributed by atoms with Crippen molar-refractivity contribution < 1.29 is 19.4 Å². The lowest BCUT2D eigenvalue weighted by Gasteiger charge is -2.26. The second-order valence-corrected chi connectivity index (χ2v) is 4.48. The second kappa shape index (κ2) is 7.60. The van der Waals surface area contributed by atoms with Gasteiger partial charge in [0.15, 0.2) is 0 Å². The summed E-state index contributed by atoms with van der Waals surface area (Å²) in [6, 6.07) is -0.845. The molecule has 1 amide bonds. The molecule has 0 saturated carbocycles. The lowest BCUT2D eigenvalue weighted by molar-refractivity contribution is -0.147. The van der Waals surface area contributed by atoms with Crippen molar-refractivity contribution in [2.45, 2.75) is 38.8 Å². The van der Waals surface area contributed by atoms with Gasteiger partial charge in [0.05, 0.1) is 13.7 Å². The number of aliphatic hydroxyl groups is 1. The van der Waals surface area contributed by atoms with Crippen molar-refractivity contribution in [1.82, 2.24) is 5.32 Å². The molecular weight excluding hydrogens is 252 g/mol. The zero-order chi connectivity index (χ0) is 15.1. The van der Waals surface area contributed by atoms with Crippen LogP contribution in [0.25, 0.3) is 10.4 Å². The highest BCUT2D eigenvalue weighted by Gasteiger charge is 2.36. The molecule has 0 aromatic carbocycles. The second-order valence-electron chi connectivity index (χ2n) is 4.48. The fourth-order valence-corrected chi connectivity index (χ4v) is 1.34. The molecule has 0 aromatic rings. The van der Waals surface area contributed by atoms with E-state index in [0.29, 0.717) is 6.42 Å². The van der Waals surface area contributed by atoms with Gasteiger partial charge in [-0.3, -0.25) is 4.79 Å². The zero-order valence-electron chi connectivity index (χ0n) is 11.6. The van der Waals surface area contributed by atoms with Crippen LogP contribution in [0.3, 0.4) is 0 Å². The quantitative estimate of drug-likeness (QED) is 0.307. The molecule has 0 unspecified atom stereocenters. The molecule has 3 atom stereocenters. The van der Waals surface area contributed by atoms with Gasteiger partial charge in [0.25, 0.3) is 0 Å². The Kier molecular flexibility index (Phi) is 6.89. The van der Waals surface area contributed by atoms with Crippen molar-refractivity contribution in [3.05, 3.63) is 10.4 Å². The smallest absolute Gasteiger partial charge is 0.328 e. The van der Waals surface area contributed by atoms with Gasteiger partial charge >= 0.3 is 5.97 Å². The van der Waals surface area contributed by atoms with Crippen LogP contribution < -0.4 is 5.32 Å². The maximum atomic E-state index is 12.0. The predicted molar refractivity (Wildman–Crippen MR) is 68.0 cm³/mol. The van der Waals surface area contributed by atoms with Crippen molar-refractivity contribution in [3.8, 4) is 0 Å². The minimum Gasteiger partial charge on any atom is -0.467 e. The van der Waals surface area contributed by atoms with Crippen molar-refractivity contribution >= 4 is 11.9 Å². The average Bonchev–Trinajstić information content (AvgIpc) is 2.42. The SMILES string of the molecule is CC[C@H](C)[C@H](NC(=O)[C@](C)(CO)N=[N+]=[N-])C(=O)OC. The number of hydrogen-bond donors (Lipinski definition) is 2. The van der Waals surface area contributed by atoms with Gasteiger partial charge in [-0.15, -0.1) is 0 Å². The van der Waals surface area contributed by atoms with Crippen LogP contribution in [0.2, 0.25) is 0 Å². The third-order valence-corrected chi connectivity index (χ3v) is 3.02. The summed E-state index contributed by atoms with van der Waals surface area (Å²) >= 11 is 0. The molecule has 0 radical (unpaired) electrons. The number of aliphatic hydroxyl groups excluding tert-OH is 1. The van der Waals surface area contributed by atoms with Crippen LogP contribution in [-0.2, 0) is 14.3 Å². The van der Waals surface area contributed by atoms with Gasteiger partial charge in [-0.05, 0) is 18.4 Å². The molecule has 0 aliphatic carbocycles. The number of nitrogens with zero attached hydrogens (tertiary/aromatic N) is 3. The lowest BCUT2D eigenvalue weighted by Crippen LogP contribution is -2.53. The Labute approximate surface area is 111 Å². The molecule has 0 rings (SSSR count). The predicted octanol–water partition coefficient (Wildman–Crippen LogP) is 0.752. The van der Waals surface area contributed by atoms with E-state index in [4.69, 9.17) is 10.6 Å². The van der Waals surface area contributed by atoms with E-state index in [-0.39, 0.29) is 5.92 Å². The highest BCUT2D eigenvalue weighted by Crippen LogP contribution is 2.14. The van der Waals surface area contributed by atoms with Crippen molar-refractivity contribution in [1.29, 1.82) is 0 Å². The zero-order valence-corrected chi connectivity index (χ0v) is 11.6. The number of rotatable bonds is 7. The number of esters is 1. The number of carbonyl (C=O) groups is 2. The number of amides is 1. The first kappa shape index (κ1) is 17.2. The molecule has 0 fully saturated rings. The summed E-state index contributed by atoms with van der Waals surface area (Å²) in [4.78, 5) is 26.1. The molecule has 2 N–H and O–H groups in total. The number of methoxy groups -OCH3 is 1. The van der Waals surface area contributed by atoms with Crippen LogP contribution in [0.15, 0.2) is 5.11 Å². The molecule has 19 heavy (non-hydrogen) atoms. The molecular formula is C11H20N4O4. The molecule has 0 spiro atoms. The summed E-state index contributed by atoms with van der Waals surface area (Å²) in [6.45, 7) is 4.28. The molecule has 0 aliphatic heterocycles. The molecule has 0 aliphatic rings. The van der Waals surface area contributed by atoms with Crippen LogP contribution in [0.1, 0.15) is 27.2 Å². The average molecular weight is 272 g/mol. The van der Waals surface area contributed by atoms with E-state index in [1.54, 1.807) is 6.92 Å². The van der Waals surface area contributed by atoms with E-state index in [2.05, 4.69) is 20.1 Å². The van der Waals surface area contributed by atoms with Gasteiger partial charge in [-0.1, -0.05) is 25.4 Å². The minimum absolute atomic E-state index is 0.148. The molecule has 0 saturated heterocycles. The van der Waals surface area contributed by atoms with Crippen LogP contribution in [-0.4, -0.2) is 42.3 Å². The molecule has 8 nitrogen and oxygen atoms in total. The normalized spacial score (nSPS) is 16.5. The summed E-state index contributed by atoms with van der Waals surface area (Å²) in [5, 5.41) is 14.9. The van der Waals surface area contributed by atoms with E-state index in [1.165, 1.54) is 14.0 Å². The topological polar surface area (TPSA) is 124 Å². The van der Waals surface area contributed by atoms with E-state index < -0.39 is 30.1 Å². The Bertz CT molecular complexity index is 381. The van der Waals surface area contributed by atoms with Crippen LogP contribution in [0, 0.1) is 5.92 Å². The summed E-state index contributed by atoms with van der Waals surface area (Å²) in [5.41, 5.74) is 6.76. The highest BCUT2D eigenvalue weighted by molar-refractivity contribution is 5.90. The molecule has 108 valence electrons. The summed E-state index contributed by atoms with van der Waals surface area (Å²) in [5.74, 6) is -1.45. The Morgan fingerprint density at radius 2 is 2.16 bits per heavy atom. The van der Waals surface area contributed by atoms with Crippen molar-refractivity contribution in [2.75, 3.05) is 13.7 Å². The maximum absolute atomic E-state index is 12.0. The third kappa shape index (κ3) is 4.42. The highest BCUT2D eigenvalue weighted by atomic mass is 16.5. The van der Waals surface area contributed by atoms with Crippen LogP contribution in [0.5, 0.6) is 0 Å². The first-order valence-electron chi connectivity index (χ1n) is 5.92. The van der Waals surface area contributed by atoms with Crippen molar-refractivity contribution in [3.63, 3.8) is 0 Å². The Morgan fingerprint density at radius 1 is 1.58 bits per heavy atom. The van der Waals surface area contributed by atoms with E-state index >= 15 is 0 Å². The van der Waals surface area contributed by atoms with Gasteiger partial charge in [-0.2, -0.15) is 0 Å². The number of hydrogen-bond acceptors (Lipinski definition) is 5. The number of ether oxygens (including phenoxy) is 1. The van der Waals surface area contributed by atoms with Crippen molar-refractivity contribution in [2.24, 2.45) is 11.0 Å². The first-order valence-corrected chi connectivity index (χ1v) is 5.92. The van der Waals surface area contributed by atoms with E-state index in [1.807, 2.05) is 6.92 Å². The minimum atomic E-state index is -1.64. The molecule has 0 aromatic heterocycles. The monoisotopic (exact) mass is 272 g/mol. The first-order chi connectivity index (χ1) is 8.86. The number of azide groups is 1. The van der Waals surface area contributed by atoms with E-state index in [0.717, 1.165) is 0 Å². The third-order valence-electron chi connectivity index (χ3n) is 3.02. The largest absolute Gasteiger partial charge is 0.467 e. The molecule has 8 heteroatoms. The number of carbonyl (C=O) groups excluding carboxylic acids is 2. The van der Waals surface area contributed by atoms with E-state index in [9.17, 15) is 9.59 Å². The Balaban J connectivity index is 5.09. The maximum Gasteiger partial charge on any atom is 0.328 e. The fourth-order valence-electron chi connectivity index (χ4n) is 1.34. The summed E-state index contributed by atoms with van der Waals surface area (Å²) in [7, 11) is 1.22. The Hall–Kier alpha value is -1.79. The van der Waals surface area contributed by atoms with Gasteiger partial charge in [-0.25, -0.2) is 4.79 Å². The van der Waals surface area contributed by atoms with Crippen LogP contribution in [0.4, 0.5) is 0 Å². The van der Waals surface area contributed by atoms with Gasteiger partial charge in [0.2, 0.25) is 5.91 Å². The standard InChI is InChI=1S/C11H20N4O4/c1-5-7(2)8(9(17)19-4)13-10(18)11(3,6-16)14-15-12/h7-8,16H,5-6H2,1-4H3,(H,13,18)/t7-,8-,11-/m0/s1. The summed E-state index contributed by atoms with van der Waals surface area (Å²) in [6.07, 6.45) is 0.650. The Morgan fingerprint density at radius 3 is 2.53 bits per heavy atom. The van der Waals surface area contributed by atoms with Crippen LogP contribution >= 0.6 is 0 Å². The van der Waals surface area contributed by atoms with Gasteiger partial charge < -0.3 is 15.2 Å².